The number of likely N-dealkylation sites (N-methyl/N-ethyl adjacent to an activating group) is 1. The fourth-order valence-electron chi connectivity index (χ4n) is 2.77. The molecule has 2 heterocycles. The highest BCUT2D eigenvalue weighted by atomic mass is 35.5. The van der Waals surface area contributed by atoms with Crippen LogP contribution in [0.1, 0.15) is 23.5 Å². The van der Waals surface area contributed by atoms with Crippen molar-refractivity contribution in [3.05, 3.63) is 39.5 Å². The predicted molar refractivity (Wildman–Crippen MR) is 115 cm³/mol. The van der Waals surface area contributed by atoms with Crippen LogP contribution < -0.4 is 9.64 Å². The van der Waals surface area contributed by atoms with Crippen LogP contribution in [0.15, 0.2) is 30.3 Å². The van der Waals surface area contributed by atoms with Gasteiger partial charge in [0.25, 0.3) is 5.91 Å². The lowest BCUT2D eigenvalue weighted by molar-refractivity contribution is 0.0987. The van der Waals surface area contributed by atoms with Crippen molar-refractivity contribution in [2.45, 2.75) is 13.8 Å². The second-order valence-corrected chi connectivity index (χ2v) is 8.64. The molecule has 0 aliphatic heterocycles. The summed E-state index contributed by atoms with van der Waals surface area (Å²) in [4.78, 5) is 22.5. The number of anilines is 1. The number of carbonyl (C=O) groups excluding carboxylic acids is 1. The van der Waals surface area contributed by atoms with E-state index in [1.54, 1.807) is 24.1 Å². The van der Waals surface area contributed by atoms with Crippen molar-refractivity contribution in [3.63, 3.8) is 0 Å². The maximum absolute atomic E-state index is 13.1. The highest BCUT2D eigenvalue weighted by molar-refractivity contribution is 7.22. The number of nitrogens with zero attached hydrogens (tertiary/aromatic N) is 3. The normalized spacial score (nSPS) is 11.3. The summed E-state index contributed by atoms with van der Waals surface area (Å²) in [5.41, 5.74) is 0.833. The summed E-state index contributed by atoms with van der Waals surface area (Å²) in [6.07, 6.45) is 0. The highest BCUT2D eigenvalue weighted by Crippen LogP contribution is 2.33. The summed E-state index contributed by atoms with van der Waals surface area (Å²) in [7, 11) is 1.63. The number of rotatable bonds is 8. The third-order valence-electron chi connectivity index (χ3n) is 4.38. The lowest BCUT2D eigenvalue weighted by Crippen LogP contribution is -2.38. The molecule has 3 rings (SSSR count). The topological polar surface area (TPSA) is 45.7 Å². The van der Waals surface area contributed by atoms with Crippen LogP contribution in [0, 0.1) is 0 Å². The van der Waals surface area contributed by atoms with Crippen molar-refractivity contribution in [1.29, 1.82) is 0 Å². The minimum atomic E-state index is -0.0647. The number of hydrogen-bond donors (Lipinski definition) is 0. The molecule has 144 valence electrons. The molecule has 0 N–H and O–H groups in total. The summed E-state index contributed by atoms with van der Waals surface area (Å²) < 4.78 is 6.92. The molecule has 0 aliphatic carbocycles. The molecule has 27 heavy (non-hydrogen) atoms. The van der Waals surface area contributed by atoms with E-state index in [-0.39, 0.29) is 5.91 Å². The van der Waals surface area contributed by atoms with Crippen molar-refractivity contribution >= 4 is 55.5 Å². The van der Waals surface area contributed by atoms with Crippen LogP contribution in [0.5, 0.6) is 5.75 Å². The summed E-state index contributed by atoms with van der Waals surface area (Å²) in [6.45, 7) is 7.50. The van der Waals surface area contributed by atoms with E-state index in [0.717, 1.165) is 35.6 Å². The van der Waals surface area contributed by atoms with Crippen LogP contribution in [-0.2, 0) is 0 Å². The number of aromatic nitrogens is 1. The minimum absolute atomic E-state index is 0.0647. The first kappa shape index (κ1) is 20.1. The average molecular weight is 424 g/mol. The van der Waals surface area contributed by atoms with E-state index in [1.165, 1.54) is 22.7 Å². The van der Waals surface area contributed by atoms with Gasteiger partial charge in [0, 0.05) is 19.2 Å². The monoisotopic (exact) mass is 423 g/mol. The molecular weight excluding hydrogens is 402 g/mol. The van der Waals surface area contributed by atoms with E-state index in [2.05, 4.69) is 18.7 Å². The Labute approximate surface area is 172 Å². The maximum Gasteiger partial charge on any atom is 0.270 e. The predicted octanol–water partition coefficient (Wildman–Crippen LogP) is 5.01. The number of hydrogen-bond acceptors (Lipinski definition) is 6. The van der Waals surface area contributed by atoms with Gasteiger partial charge >= 0.3 is 0 Å². The Morgan fingerprint density at radius 2 is 1.93 bits per heavy atom. The van der Waals surface area contributed by atoms with E-state index in [0.29, 0.717) is 20.9 Å². The van der Waals surface area contributed by atoms with E-state index < -0.39 is 0 Å². The van der Waals surface area contributed by atoms with Gasteiger partial charge in [-0.15, -0.1) is 11.3 Å². The molecule has 3 aromatic rings. The van der Waals surface area contributed by atoms with Crippen LogP contribution in [0.25, 0.3) is 10.2 Å². The first-order valence-corrected chi connectivity index (χ1v) is 10.8. The van der Waals surface area contributed by atoms with Gasteiger partial charge in [-0.3, -0.25) is 9.69 Å². The molecule has 0 atom stereocenters. The number of halogens is 1. The summed E-state index contributed by atoms with van der Waals surface area (Å²) in [5, 5.41) is 0.694. The van der Waals surface area contributed by atoms with Gasteiger partial charge in [-0.2, -0.15) is 0 Å². The highest BCUT2D eigenvalue weighted by Gasteiger charge is 2.23. The zero-order valence-electron chi connectivity index (χ0n) is 15.6. The van der Waals surface area contributed by atoms with Crippen molar-refractivity contribution < 1.29 is 9.53 Å². The number of carbonyl (C=O) groups is 1. The Bertz CT molecular complexity index is 921. The van der Waals surface area contributed by atoms with E-state index in [9.17, 15) is 4.79 Å². The van der Waals surface area contributed by atoms with Gasteiger partial charge in [-0.1, -0.05) is 36.8 Å². The second-order valence-electron chi connectivity index (χ2n) is 5.92. The van der Waals surface area contributed by atoms with Crippen molar-refractivity contribution in [3.8, 4) is 5.75 Å². The molecule has 0 saturated carbocycles. The van der Waals surface area contributed by atoms with Crippen LogP contribution >= 0.6 is 34.3 Å². The summed E-state index contributed by atoms with van der Waals surface area (Å²) >= 11 is 8.85. The Hall–Kier alpha value is -1.67. The molecule has 1 aromatic carbocycles. The molecule has 1 amide bonds. The molecule has 0 bridgehead atoms. The SMILES string of the molecule is CCN(CC)CCN(C(=O)c1ccc(Cl)s1)c1nc2cc(OC)ccc2s1. The van der Waals surface area contributed by atoms with Gasteiger partial charge in [0.15, 0.2) is 5.13 Å². The smallest absolute Gasteiger partial charge is 0.270 e. The fourth-order valence-corrected chi connectivity index (χ4v) is 4.73. The first-order chi connectivity index (χ1) is 13.0. The molecule has 0 aliphatic rings. The van der Waals surface area contributed by atoms with Crippen molar-refractivity contribution in [2.75, 3.05) is 38.2 Å². The zero-order valence-corrected chi connectivity index (χ0v) is 18.0. The van der Waals surface area contributed by atoms with Gasteiger partial charge in [-0.25, -0.2) is 4.98 Å². The van der Waals surface area contributed by atoms with Crippen molar-refractivity contribution in [1.82, 2.24) is 9.88 Å². The zero-order chi connectivity index (χ0) is 19.4. The molecule has 0 unspecified atom stereocenters. The second kappa shape index (κ2) is 9.01. The third kappa shape index (κ3) is 4.60. The van der Waals surface area contributed by atoms with E-state index in [1.807, 2.05) is 18.2 Å². The van der Waals surface area contributed by atoms with Gasteiger partial charge in [0.2, 0.25) is 0 Å². The Balaban J connectivity index is 1.94. The molecule has 0 saturated heterocycles. The van der Waals surface area contributed by atoms with Gasteiger partial charge < -0.3 is 9.64 Å². The van der Waals surface area contributed by atoms with Crippen LogP contribution in [0.2, 0.25) is 4.34 Å². The van der Waals surface area contributed by atoms with Gasteiger partial charge in [0.1, 0.15) is 5.75 Å². The van der Waals surface area contributed by atoms with E-state index in [4.69, 9.17) is 21.3 Å². The number of fused-ring (bicyclic) bond motifs is 1. The minimum Gasteiger partial charge on any atom is -0.497 e. The number of benzene rings is 1. The van der Waals surface area contributed by atoms with Gasteiger partial charge in [0.05, 0.1) is 26.5 Å². The lowest BCUT2D eigenvalue weighted by atomic mass is 10.3. The molecule has 0 spiro atoms. The standard InChI is InChI=1S/C19H22ClN3O2S2/c1-4-22(5-2)10-11-23(18(24)16-8-9-17(20)26-16)19-21-14-12-13(25-3)6-7-15(14)27-19/h6-9,12H,4-5,10-11H2,1-3H3. The van der Waals surface area contributed by atoms with Crippen LogP contribution in [0.4, 0.5) is 5.13 Å². The lowest BCUT2D eigenvalue weighted by Gasteiger charge is -2.24. The van der Waals surface area contributed by atoms with Gasteiger partial charge in [-0.05, 0) is 37.4 Å². The largest absolute Gasteiger partial charge is 0.497 e. The summed E-state index contributed by atoms with van der Waals surface area (Å²) in [5.74, 6) is 0.690. The summed E-state index contributed by atoms with van der Waals surface area (Å²) in [6, 6.07) is 9.31. The molecular formula is C19H22ClN3O2S2. The maximum atomic E-state index is 13.1. The third-order valence-corrected chi connectivity index (χ3v) is 6.66. The number of methoxy groups -OCH3 is 1. The van der Waals surface area contributed by atoms with Crippen molar-refractivity contribution in [2.24, 2.45) is 0 Å². The number of amides is 1. The molecule has 2 aromatic heterocycles. The fraction of sp³-hybridized carbons (Fsp3) is 0.368. The van der Waals surface area contributed by atoms with Crippen LogP contribution in [-0.4, -0.2) is 49.1 Å². The number of ether oxygens (including phenoxy) is 1. The molecule has 0 radical (unpaired) electrons. The van der Waals surface area contributed by atoms with E-state index >= 15 is 0 Å². The molecule has 8 heteroatoms. The first-order valence-electron chi connectivity index (χ1n) is 8.79. The number of thiazole rings is 1. The Morgan fingerprint density at radius 1 is 1.15 bits per heavy atom. The quantitative estimate of drug-likeness (QED) is 0.511. The Kier molecular flexibility index (Phi) is 6.70. The Morgan fingerprint density at radius 3 is 2.56 bits per heavy atom. The molecule has 5 nitrogen and oxygen atoms in total. The number of thiophene rings is 1. The van der Waals surface area contributed by atoms with Crippen LogP contribution in [0.3, 0.4) is 0 Å². The molecule has 0 fully saturated rings. The average Bonchev–Trinajstić information content (AvgIpc) is 3.30.